The first-order chi connectivity index (χ1) is 17.2. The fraction of sp³-hybridized carbons (Fsp3) is 0.333. The molecule has 3 rings (SSSR count). The first kappa shape index (κ1) is 27.5. The van der Waals surface area contributed by atoms with Crippen molar-refractivity contribution in [2.45, 2.75) is 59.2 Å². The van der Waals surface area contributed by atoms with Crippen LogP contribution in [-0.2, 0) is 22.6 Å². The average molecular weight is 552 g/mol. The molecule has 0 bridgehead atoms. The van der Waals surface area contributed by atoms with E-state index in [0.717, 1.165) is 33.1 Å². The second-order valence-electron chi connectivity index (χ2n) is 9.28. The molecule has 6 heteroatoms. The molecule has 0 aliphatic carbocycles. The molecule has 0 aromatic heterocycles. The van der Waals surface area contributed by atoms with Gasteiger partial charge in [0.1, 0.15) is 11.8 Å². The van der Waals surface area contributed by atoms with Crippen LogP contribution >= 0.6 is 15.9 Å². The van der Waals surface area contributed by atoms with Crippen LogP contribution in [0.4, 0.5) is 0 Å². The summed E-state index contributed by atoms with van der Waals surface area (Å²) < 4.78 is 6.88. The minimum atomic E-state index is -0.680. The zero-order chi connectivity index (χ0) is 26.1. The predicted molar refractivity (Wildman–Crippen MR) is 148 cm³/mol. The van der Waals surface area contributed by atoms with Crippen molar-refractivity contribution < 1.29 is 14.3 Å². The smallest absolute Gasteiger partial charge is 0.261 e. The summed E-state index contributed by atoms with van der Waals surface area (Å²) in [6, 6.07) is 22.8. The van der Waals surface area contributed by atoms with Gasteiger partial charge in [0.25, 0.3) is 5.91 Å². The van der Waals surface area contributed by atoms with Crippen LogP contribution in [0.5, 0.6) is 5.75 Å². The van der Waals surface area contributed by atoms with Crippen molar-refractivity contribution in [3.63, 3.8) is 0 Å². The average Bonchev–Trinajstić information content (AvgIpc) is 2.85. The third-order valence-electron chi connectivity index (χ3n) is 6.10. The Kier molecular flexibility index (Phi) is 10.1. The summed E-state index contributed by atoms with van der Waals surface area (Å²) in [5.41, 5.74) is 4.07. The van der Waals surface area contributed by atoms with Gasteiger partial charge in [0.2, 0.25) is 5.91 Å². The molecule has 0 saturated heterocycles. The summed E-state index contributed by atoms with van der Waals surface area (Å²) in [6.07, 6.45) is 1.22. The number of aryl methyl sites for hydroxylation is 2. The SMILES string of the molecule is CC[C@H](C)NC(=O)[C@@H](Cc1ccccc1)N(Cc1ccc(Br)cc1)C(=O)COc1cc(C)cc(C)c1. The van der Waals surface area contributed by atoms with Gasteiger partial charge in [-0.25, -0.2) is 0 Å². The van der Waals surface area contributed by atoms with Gasteiger partial charge in [-0.15, -0.1) is 0 Å². The zero-order valence-electron chi connectivity index (χ0n) is 21.5. The number of benzene rings is 3. The standard InChI is InChI=1S/C30H35BrN2O3/c1-5-23(4)32-30(35)28(18-24-9-7-6-8-10-24)33(19-25-11-13-26(31)14-12-25)29(34)20-36-27-16-21(2)15-22(3)17-27/h6-17,23,28H,5,18-20H2,1-4H3,(H,32,35)/t23-,28+/m0/s1. The van der Waals surface area contributed by atoms with Gasteiger partial charge in [0, 0.05) is 23.5 Å². The van der Waals surface area contributed by atoms with Gasteiger partial charge in [-0.1, -0.05) is 71.4 Å². The molecule has 0 aliphatic rings. The Morgan fingerprint density at radius 1 is 0.944 bits per heavy atom. The lowest BCUT2D eigenvalue weighted by Crippen LogP contribution is -2.53. The fourth-order valence-corrected chi connectivity index (χ4v) is 4.29. The maximum Gasteiger partial charge on any atom is 0.261 e. The molecule has 5 nitrogen and oxygen atoms in total. The van der Waals surface area contributed by atoms with Crippen molar-refractivity contribution >= 4 is 27.7 Å². The summed E-state index contributed by atoms with van der Waals surface area (Å²) in [7, 11) is 0. The van der Waals surface area contributed by atoms with Crippen LogP contribution in [-0.4, -0.2) is 35.4 Å². The predicted octanol–water partition coefficient (Wildman–Crippen LogP) is 6.00. The van der Waals surface area contributed by atoms with Crippen LogP contribution in [0.25, 0.3) is 0 Å². The number of nitrogens with zero attached hydrogens (tertiary/aromatic N) is 1. The van der Waals surface area contributed by atoms with Gasteiger partial charge in [0.15, 0.2) is 6.61 Å². The molecule has 0 unspecified atom stereocenters. The van der Waals surface area contributed by atoms with Crippen LogP contribution in [0.3, 0.4) is 0 Å². The third-order valence-corrected chi connectivity index (χ3v) is 6.62. The topological polar surface area (TPSA) is 58.6 Å². The van der Waals surface area contributed by atoms with E-state index < -0.39 is 6.04 Å². The summed E-state index contributed by atoms with van der Waals surface area (Å²) >= 11 is 3.47. The van der Waals surface area contributed by atoms with Crippen molar-refractivity contribution in [3.8, 4) is 5.75 Å². The molecule has 0 aliphatic heterocycles. The van der Waals surface area contributed by atoms with Gasteiger partial charge < -0.3 is 15.0 Å². The van der Waals surface area contributed by atoms with Crippen molar-refractivity contribution in [3.05, 3.63) is 99.5 Å². The molecule has 3 aromatic rings. The highest BCUT2D eigenvalue weighted by Crippen LogP contribution is 2.19. The third kappa shape index (κ3) is 8.23. The van der Waals surface area contributed by atoms with E-state index >= 15 is 0 Å². The Morgan fingerprint density at radius 2 is 1.58 bits per heavy atom. The Bertz CT molecular complexity index is 1130. The van der Waals surface area contributed by atoms with E-state index in [0.29, 0.717) is 18.7 Å². The second kappa shape index (κ2) is 13.3. The number of rotatable bonds is 11. The van der Waals surface area contributed by atoms with E-state index in [4.69, 9.17) is 4.74 Å². The lowest BCUT2D eigenvalue weighted by Gasteiger charge is -2.32. The molecule has 0 spiro atoms. The maximum atomic E-state index is 13.7. The largest absolute Gasteiger partial charge is 0.484 e. The van der Waals surface area contributed by atoms with Crippen LogP contribution in [0, 0.1) is 13.8 Å². The van der Waals surface area contributed by atoms with Gasteiger partial charge >= 0.3 is 0 Å². The first-order valence-corrected chi connectivity index (χ1v) is 13.1. The summed E-state index contributed by atoms with van der Waals surface area (Å²) in [4.78, 5) is 28.8. The fourth-order valence-electron chi connectivity index (χ4n) is 4.03. The number of carbonyl (C=O) groups is 2. The van der Waals surface area contributed by atoms with Crippen molar-refractivity contribution in [2.24, 2.45) is 0 Å². The Labute approximate surface area is 223 Å². The van der Waals surface area contributed by atoms with Crippen LogP contribution in [0.15, 0.2) is 77.3 Å². The van der Waals surface area contributed by atoms with Crippen molar-refractivity contribution in [2.75, 3.05) is 6.61 Å². The number of carbonyl (C=O) groups excluding carboxylic acids is 2. The molecule has 0 saturated carbocycles. The van der Waals surface area contributed by atoms with Crippen molar-refractivity contribution in [1.82, 2.24) is 10.2 Å². The van der Waals surface area contributed by atoms with Crippen LogP contribution in [0.2, 0.25) is 0 Å². The highest BCUT2D eigenvalue weighted by Gasteiger charge is 2.31. The molecular formula is C30H35BrN2O3. The van der Waals surface area contributed by atoms with Gasteiger partial charge in [-0.3, -0.25) is 9.59 Å². The van der Waals surface area contributed by atoms with E-state index in [9.17, 15) is 9.59 Å². The summed E-state index contributed by atoms with van der Waals surface area (Å²) in [5, 5.41) is 3.09. The van der Waals surface area contributed by atoms with E-state index in [-0.39, 0.29) is 24.5 Å². The van der Waals surface area contributed by atoms with E-state index in [1.54, 1.807) is 4.90 Å². The monoisotopic (exact) mass is 550 g/mol. The quantitative estimate of drug-likeness (QED) is 0.318. The molecule has 0 radical (unpaired) electrons. The molecule has 190 valence electrons. The molecule has 0 fully saturated rings. The van der Waals surface area contributed by atoms with E-state index in [1.807, 2.05) is 94.4 Å². The zero-order valence-corrected chi connectivity index (χ0v) is 23.0. The number of ether oxygens (including phenoxy) is 1. The first-order valence-electron chi connectivity index (χ1n) is 12.3. The number of halogens is 1. The lowest BCUT2D eigenvalue weighted by atomic mass is 10.0. The van der Waals surface area contributed by atoms with Crippen LogP contribution < -0.4 is 10.1 Å². The molecular weight excluding hydrogens is 516 g/mol. The summed E-state index contributed by atoms with van der Waals surface area (Å²) in [6.45, 7) is 8.14. The van der Waals surface area contributed by atoms with Gasteiger partial charge in [-0.05, 0) is 73.7 Å². The van der Waals surface area contributed by atoms with Crippen LogP contribution in [0.1, 0.15) is 42.5 Å². The van der Waals surface area contributed by atoms with Gasteiger partial charge in [-0.2, -0.15) is 0 Å². The highest BCUT2D eigenvalue weighted by molar-refractivity contribution is 9.10. The minimum absolute atomic E-state index is 0.00641. The Hall–Kier alpha value is -3.12. The molecule has 36 heavy (non-hydrogen) atoms. The number of nitrogens with one attached hydrogen (secondary N) is 1. The Balaban J connectivity index is 1.91. The second-order valence-corrected chi connectivity index (χ2v) is 10.2. The normalized spacial score (nSPS) is 12.5. The number of amides is 2. The maximum absolute atomic E-state index is 13.7. The molecule has 3 aromatic carbocycles. The van der Waals surface area contributed by atoms with Gasteiger partial charge in [0.05, 0.1) is 0 Å². The number of hydrogen-bond donors (Lipinski definition) is 1. The number of hydrogen-bond acceptors (Lipinski definition) is 3. The molecule has 0 heterocycles. The van der Waals surface area contributed by atoms with E-state index in [2.05, 4.69) is 27.3 Å². The van der Waals surface area contributed by atoms with E-state index in [1.165, 1.54) is 0 Å². The molecule has 2 atom stereocenters. The van der Waals surface area contributed by atoms with Crippen molar-refractivity contribution in [1.29, 1.82) is 0 Å². The molecule has 2 amide bonds. The molecule has 1 N–H and O–H groups in total. The highest BCUT2D eigenvalue weighted by atomic mass is 79.9. The summed E-state index contributed by atoms with van der Waals surface area (Å²) in [5.74, 6) is 0.246. The Morgan fingerprint density at radius 3 is 2.19 bits per heavy atom. The lowest BCUT2D eigenvalue weighted by molar-refractivity contribution is -0.143. The minimum Gasteiger partial charge on any atom is -0.484 e.